The van der Waals surface area contributed by atoms with E-state index >= 15 is 0 Å². The van der Waals surface area contributed by atoms with E-state index in [1.165, 1.54) is 10.5 Å². The van der Waals surface area contributed by atoms with E-state index in [0.29, 0.717) is 13.0 Å². The molecule has 0 fully saturated rings. The van der Waals surface area contributed by atoms with E-state index in [0.717, 1.165) is 5.75 Å². The highest BCUT2D eigenvalue weighted by Crippen LogP contribution is 2.20. The fourth-order valence-corrected chi connectivity index (χ4v) is 2.17. The van der Waals surface area contributed by atoms with Gasteiger partial charge in [-0.05, 0) is 32.0 Å². The van der Waals surface area contributed by atoms with Crippen LogP contribution in [-0.4, -0.2) is 23.5 Å². The van der Waals surface area contributed by atoms with Crippen molar-refractivity contribution in [1.82, 2.24) is 0 Å². The van der Waals surface area contributed by atoms with Gasteiger partial charge >= 0.3 is 0 Å². The highest BCUT2D eigenvalue weighted by molar-refractivity contribution is 7.99. The molecule has 0 heterocycles. The van der Waals surface area contributed by atoms with Crippen molar-refractivity contribution in [3.63, 3.8) is 0 Å². The van der Waals surface area contributed by atoms with Crippen LogP contribution in [-0.2, 0) is 0 Å². The number of aliphatic hydroxyl groups excluding tert-OH is 1. The van der Waals surface area contributed by atoms with Crippen LogP contribution in [0.4, 0.5) is 0 Å². The number of aliphatic hydroxyl groups is 1. The molecule has 2 nitrogen and oxygen atoms in total. The first-order valence-electron chi connectivity index (χ1n) is 4.80. The summed E-state index contributed by atoms with van der Waals surface area (Å²) in [5.74, 6) is 0.723. The van der Waals surface area contributed by atoms with Crippen molar-refractivity contribution in [3.05, 3.63) is 29.8 Å². The first-order chi connectivity index (χ1) is 6.72. The molecule has 0 amide bonds. The minimum absolute atomic E-state index is 0.287. The van der Waals surface area contributed by atoms with Crippen LogP contribution in [0.3, 0.4) is 0 Å². The van der Waals surface area contributed by atoms with Gasteiger partial charge in [0.1, 0.15) is 0 Å². The lowest BCUT2D eigenvalue weighted by Gasteiger charge is -2.08. The van der Waals surface area contributed by atoms with Crippen molar-refractivity contribution in [2.75, 3.05) is 12.3 Å². The SMILES string of the molecule is Cc1cccc(SCC(O)CCN)c1. The van der Waals surface area contributed by atoms with Crippen LogP contribution >= 0.6 is 11.8 Å². The number of hydrogen-bond acceptors (Lipinski definition) is 3. The quantitative estimate of drug-likeness (QED) is 0.730. The van der Waals surface area contributed by atoms with Crippen molar-refractivity contribution in [3.8, 4) is 0 Å². The maximum absolute atomic E-state index is 9.48. The predicted molar refractivity (Wildman–Crippen MR) is 61.6 cm³/mol. The lowest BCUT2D eigenvalue weighted by molar-refractivity contribution is 0.192. The molecule has 0 aromatic heterocycles. The van der Waals surface area contributed by atoms with Crippen molar-refractivity contribution >= 4 is 11.8 Å². The first-order valence-corrected chi connectivity index (χ1v) is 5.78. The monoisotopic (exact) mass is 211 g/mol. The molecule has 1 rings (SSSR count). The Labute approximate surface area is 89.5 Å². The molecule has 1 atom stereocenters. The Morgan fingerprint density at radius 3 is 2.93 bits per heavy atom. The Balaban J connectivity index is 2.37. The maximum atomic E-state index is 9.48. The first kappa shape index (κ1) is 11.6. The Kier molecular flexibility index (Phi) is 5.01. The summed E-state index contributed by atoms with van der Waals surface area (Å²) in [6, 6.07) is 8.29. The van der Waals surface area contributed by atoms with Gasteiger partial charge in [0.2, 0.25) is 0 Å². The average molecular weight is 211 g/mol. The molecule has 1 unspecified atom stereocenters. The summed E-state index contributed by atoms with van der Waals surface area (Å²) >= 11 is 1.68. The van der Waals surface area contributed by atoms with Crippen LogP contribution in [0.1, 0.15) is 12.0 Å². The normalized spacial score (nSPS) is 12.8. The van der Waals surface area contributed by atoms with E-state index in [-0.39, 0.29) is 6.10 Å². The van der Waals surface area contributed by atoms with Crippen LogP contribution in [0, 0.1) is 6.92 Å². The molecule has 0 bridgehead atoms. The Morgan fingerprint density at radius 1 is 1.50 bits per heavy atom. The number of thioether (sulfide) groups is 1. The predicted octanol–water partition coefficient (Wildman–Crippen LogP) is 1.80. The minimum atomic E-state index is -0.287. The molecule has 1 aromatic rings. The van der Waals surface area contributed by atoms with Crippen LogP contribution in [0.25, 0.3) is 0 Å². The number of benzene rings is 1. The summed E-state index contributed by atoms with van der Waals surface area (Å²) in [6.45, 7) is 2.62. The molecule has 0 aliphatic rings. The number of rotatable bonds is 5. The third-order valence-corrected chi connectivity index (χ3v) is 3.07. The lowest BCUT2D eigenvalue weighted by Crippen LogP contribution is -2.15. The van der Waals surface area contributed by atoms with E-state index in [4.69, 9.17) is 5.73 Å². The Morgan fingerprint density at radius 2 is 2.29 bits per heavy atom. The second-order valence-electron chi connectivity index (χ2n) is 3.36. The van der Waals surface area contributed by atoms with Crippen LogP contribution in [0.15, 0.2) is 29.2 Å². The molecule has 0 saturated heterocycles. The zero-order valence-corrected chi connectivity index (χ0v) is 9.26. The van der Waals surface area contributed by atoms with Crippen molar-refractivity contribution in [1.29, 1.82) is 0 Å². The van der Waals surface area contributed by atoms with Gasteiger partial charge < -0.3 is 10.8 Å². The van der Waals surface area contributed by atoms with Gasteiger partial charge in [0.15, 0.2) is 0 Å². The van der Waals surface area contributed by atoms with Gasteiger partial charge in [0, 0.05) is 10.6 Å². The molecule has 14 heavy (non-hydrogen) atoms. The van der Waals surface area contributed by atoms with Crippen molar-refractivity contribution < 1.29 is 5.11 Å². The standard InChI is InChI=1S/C11H17NOS/c1-9-3-2-4-11(7-9)14-8-10(13)5-6-12/h2-4,7,10,13H,5-6,8,12H2,1H3. The molecule has 0 aliphatic heterocycles. The fraction of sp³-hybridized carbons (Fsp3) is 0.455. The third-order valence-electron chi connectivity index (χ3n) is 1.93. The van der Waals surface area contributed by atoms with Crippen molar-refractivity contribution in [2.24, 2.45) is 5.73 Å². The van der Waals surface area contributed by atoms with Crippen LogP contribution < -0.4 is 5.73 Å². The second-order valence-corrected chi connectivity index (χ2v) is 4.45. The van der Waals surface area contributed by atoms with E-state index in [1.54, 1.807) is 11.8 Å². The van der Waals surface area contributed by atoms with Gasteiger partial charge in [0.25, 0.3) is 0 Å². The van der Waals surface area contributed by atoms with Gasteiger partial charge in [-0.3, -0.25) is 0 Å². The van der Waals surface area contributed by atoms with Gasteiger partial charge in [0.05, 0.1) is 6.10 Å². The summed E-state index contributed by atoms with van der Waals surface area (Å²) in [4.78, 5) is 1.21. The van der Waals surface area contributed by atoms with Crippen LogP contribution in [0.2, 0.25) is 0 Å². The van der Waals surface area contributed by atoms with Gasteiger partial charge in [-0.15, -0.1) is 11.8 Å². The second kappa shape index (κ2) is 6.06. The summed E-state index contributed by atoms with van der Waals surface area (Å²) in [7, 11) is 0. The summed E-state index contributed by atoms with van der Waals surface area (Å²) < 4.78 is 0. The molecule has 0 radical (unpaired) electrons. The smallest absolute Gasteiger partial charge is 0.0646 e. The van der Waals surface area contributed by atoms with Gasteiger partial charge in [-0.25, -0.2) is 0 Å². The zero-order chi connectivity index (χ0) is 10.4. The molecular weight excluding hydrogens is 194 g/mol. The highest BCUT2D eigenvalue weighted by Gasteiger charge is 2.03. The van der Waals surface area contributed by atoms with E-state index < -0.39 is 0 Å². The fourth-order valence-electron chi connectivity index (χ4n) is 1.17. The largest absolute Gasteiger partial charge is 0.392 e. The van der Waals surface area contributed by atoms with E-state index in [2.05, 4.69) is 25.1 Å². The number of nitrogens with two attached hydrogens (primary N) is 1. The average Bonchev–Trinajstić information content (AvgIpc) is 2.15. The number of aryl methyl sites for hydroxylation is 1. The molecule has 0 aliphatic carbocycles. The highest BCUT2D eigenvalue weighted by atomic mass is 32.2. The molecule has 3 N–H and O–H groups in total. The zero-order valence-electron chi connectivity index (χ0n) is 8.44. The minimum Gasteiger partial charge on any atom is -0.392 e. The number of hydrogen-bond donors (Lipinski definition) is 2. The summed E-state index contributed by atoms with van der Waals surface area (Å²) in [5.41, 5.74) is 6.61. The molecule has 3 heteroatoms. The topological polar surface area (TPSA) is 46.2 Å². The third kappa shape index (κ3) is 4.13. The summed E-state index contributed by atoms with van der Waals surface area (Å²) in [5, 5.41) is 9.48. The van der Waals surface area contributed by atoms with E-state index in [9.17, 15) is 5.11 Å². The molecule has 0 spiro atoms. The van der Waals surface area contributed by atoms with Gasteiger partial charge in [-0.2, -0.15) is 0 Å². The van der Waals surface area contributed by atoms with Crippen molar-refractivity contribution in [2.45, 2.75) is 24.3 Å². The summed E-state index contributed by atoms with van der Waals surface area (Å²) in [6.07, 6.45) is 0.393. The molecular formula is C11H17NOS. The van der Waals surface area contributed by atoms with Crippen LogP contribution in [0.5, 0.6) is 0 Å². The lowest BCUT2D eigenvalue weighted by atomic mass is 10.2. The molecule has 1 aromatic carbocycles. The molecule has 78 valence electrons. The Hall–Kier alpha value is -0.510. The van der Waals surface area contributed by atoms with E-state index in [1.807, 2.05) is 6.07 Å². The Bertz CT molecular complexity index is 278. The van der Waals surface area contributed by atoms with Gasteiger partial charge in [-0.1, -0.05) is 17.7 Å². The molecule has 0 saturated carbocycles. The maximum Gasteiger partial charge on any atom is 0.0646 e.